The summed E-state index contributed by atoms with van der Waals surface area (Å²) in [4.78, 5) is 19.9. The summed E-state index contributed by atoms with van der Waals surface area (Å²) in [6.45, 7) is 9.14. The summed E-state index contributed by atoms with van der Waals surface area (Å²) in [5.41, 5.74) is 1.35. The number of nitrogens with one attached hydrogen (secondary N) is 2. The summed E-state index contributed by atoms with van der Waals surface area (Å²) in [7, 11) is 0. The van der Waals surface area contributed by atoms with Gasteiger partial charge in [-0.15, -0.1) is 12.4 Å². The summed E-state index contributed by atoms with van der Waals surface area (Å²) < 4.78 is 0. The van der Waals surface area contributed by atoms with Gasteiger partial charge >= 0.3 is 0 Å². The minimum Gasteiger partial charge on any atom is -0.395 e. The van der Waals surface area contributed by atoms with Gasteiger partial charge in [0, 0.05) is 26.2 Å². The molecule has 0 saturated heterocycles. The zero-order chi connectivity index (χ0) is 16.7. The molecule has 0 amide bonds. The van der Waals surface area contributed by atoms with Crippen molar-refractivity contribution in [3.63, 3.8) is 0 Å². The molecule has 0 radical (unpaired) electrons. The van der Waals surface area contributed by atoms with E-state index in [0.29, 0.717) is 35.2 Å². The quantitative estimate of drug-likeness (QED) is 0.627. The second-order valence-corrected chi connectivity index (χ2v) is 5.04. The molecule has 0 bridgehead atoms. The van der Waals surface area contributed by atoms with Gasteiger partial charge in [0.2, 0.25) is 5.95 Å². The van der Waals surface area contributed by atoms with E-state index in [4.69, 9.17) is 5.11 Å². The van der Waals surface area contributed by atoms with Crippen LogP contribution in [0.5, 0.6) is 0 Å². The summed E-state index contributed by atoms with van der Waals surface area (Å²) in [6, 6.07) is 0. The fourth-order valence-corrected chi connectivity index (χ4v) is 2.25. The van der Waals surface area contributed by atoms with Gasteiger partial charge in [0.1, 0.15) is 17.4 Å². The lowest BCUT2D eigenvalue weighted by Crippen LogP contribution is -2.25. The van der Waals surface area contributed by atoms with Crippen molar-refractivity contribution in [1.82, 2.24) is 19.9 Å². The van der Waals surface area contributed by atoms with Crippen molar-refractivity contribution in [2.45, 2.75) is 27.2 Å². The zero-order valence-electron chi connectivity index (χ0n) is 14.4. The van der Waals surface area contributed by atoms with E-state index >= 15 is 0 Å². The minimum absolute atomic E-state index is 0. The molecule has 0 aliphatic rings. The Morgan fingerprint density at radius 2 is 1.67 bits per heavy atom. The van der Waals surface area contributed by atoms with E-state index in [-0.39, 0.29) is 19.0 Å². The highest BCUT2D eigenvalue weighted by Gasteiger charge is 2.15. The molecule has 0 saturated carbocycles. The fraction of sp³-hybridized carbons (Fsp3) is 0.600. The average Bonchev–Trinajstić information content (AvgIpc) is 2.59. The number of anilines is 3. The number of fused-ring (bicyclic) bond motifs is 1. The summed E-state index contributed by atoms with van der Waals surface area (Å²) >= 11 is 0. The number of aliphatic hydroxyl groups is 1. The zero-order valence-corrected chi connectivity index (χ0v) is 15.2. The molecule has 0 aliphatic carbocycles. The van der Waals surface area contributed by atoms with E-state index in [2.05, 4.69) is 56.2 Å². The fourth-order valence-electron chi connectivity index (χ4n) is 2.25. The van der Waals surface area contributed by atoms with Crippen LogP contribution in [0.2, 0.25) is 0 Å². The highest BCUT2D eigenvalue weighted by atomic mass is 35.5. The van der Waals surface area contributed by atoms with E-state index in [1.165, 1.54) is 6.33 Å². The highest BCUT2D eigenvalue weighted by molar-refractivity contribution is 5.93. The first-order chi connectivity index (χ1) is 11.2. The Kier molecular flexibility index (Phi) is 8.42. The topological polar surface area (TPSA) is 99.1 Å². The third-order valence-electron chi connectivity index (χ3n) is 3.46. The van der Waals surface area contributed by atoms with Crippen LogP contribution in [0.1, 0.15) is 27.2 Å². The minimum atomic E-state index is 0. The Bertz CT molecular complexity index is 636. The number of rotatable bonds is 9. The first-order valence-electron chi connectivity index (χ1n) is 8.11. The van der Waals surface area contributed by atoms with Gasteiger partial charge in [-0.2, -0.15) is 4.98 Å². The van der Waals surface area contributed by atoms with Crippen LogP contribution in [-0.2, 0) is 0 Å². The van der Waals surface area contributed by atoms with E-state index in [9.17, 15) is 0 Å². The Hall–Kier alpha value is -1.93. The van der Waals surface area contributed by atoms with Crippen LogP contribution < -0.4 is 15.5 Å². The molecule has 8 nitrogen and oxygen atoms in total. The molecule has 2 aromatic rings. The van der Waals surface area contributed by atoms with Crippen LogP contribution in [0.4, 0.5) is 17.6 Å². The molecule has 0 spiro atoms. The third-order valence-corrected chi connectivity index (χ3v) is 3.46. The maximum absolute atomic E-state index is 9.03. The molecule has 134 valence electrons. The summed E-state index contributed by atoms with van der Waals surface area (Å²) in [5, 5.41) is 15.4. The normalized spacial score (nSPS) is 10.3. The van der Waals surface area contributed by atoms with Crippen LogP contribution in [0.25, 0.3) is 11.0 Å². The van der Waals surface area contributed by atoms with Crippen LogP contribution in [0.3, 0.4) is 0 Å². The summed E-state index contributed by atoms with van der Waals surface area (Å²) in [6.07, 6.45) is 2.48. The van der Waals surface area contributed by atoms with Crippen molar-refractivity contribution in [1.29, 1.82) is 0 Å². The largest absolute Gasteiger partial charge is 0.395 e. The second kappa shape index (κ2) is 10.0. The summed E-state index contributed by atoms with van der Waals surface area (Å²) in [5.74, 6) is 1.98. The lowest BCUT2D eigenvalue weighted by molar-refractivity contribution is 0.311. The van der Waals surface area contributed by atoms with Gasteiger partial charge < -0.3 is 20.6 Å². The van der Waals surface area contributed by atoms with Gasteiger partial charge in [-0.1, -0.05) is 6.92 Å². The van der Waals surface area contributed by atoms with Crippen LogP contribution in [-0.4, -0.2) is 57.8 Å². The van der Waals surface area contributed by atoms with Gasteiger partial charge in [-0.3, -0.25) is 0 Å². The molecule has 3 N–H and O–H groups in total. The van der Waals surface area contributed by atoms with Crippen molar-refractivity contribution in [2.24, 2.45) is 0 Å². The number of aromatic nitrogens is 4. The predicted molar refractivity (Wildman–Crippen MR) is 100 cm³/mol. The van der Waals surface area contributed by atoms with Crippen molar-refractivity contribution in [3.8, 4) is 0 Å². The number of aliphatic hydroxyl groups excluding tert-OH is 1. The standard InChI is InChI=1S/C15H25N7O.ClH/c1-4-7-16-14-11-12(13(17-8-9-23)19-10-18-11)20-15(21-14)22(5-2)6-3;/h10,23H,4-9H2,1-3H3,(H,16,20,21)(H,17,18,19);1H. The van der Waals surface area contributed by atoms with Gasteiger partial charge in [-0.25, -0.2) is 15.0 Å². The van der Waals surface area contributed by atoms with Crippen LogP contribution in [0, 0.1) is 0 Å². The van der Waals surface area contributed by atoms with Crippen molar-refractivity contribution in [3.05, 3.63) is 6.33 Å². The van der Waals surface area contributed by atoms with E-state index in [0.717, 1.165) is 26.1 Å². The van der Waals surface area contributed by atoms with Crippen LogP contribution in [0.15, 0.2) is 6.33 Å². The van der Waals surface area contributed by atoms with Gasteiger partial charge in [0.05, 0.1) is 6.61 Å². The first-order valence-corrected chi connectivity index (χ1v) is 8.11. The molecule has 9 heteroatoms. The Labute approximate surface area is 148 Å². The predicted octanol–water partition coefficient (Wildman–Crippen LogP) is 1.91. The third kappa shape index (κ3) is 4.55. The lowest BCUT2D eigenvalue weighted by atomic mass is 10.3. The van der Waals surface area contributed by atoms with E-state index < -0.39 is 0 Å². The van der Waals surface area contributed by atoms with Crippen LogP contribution >= 0.6 is 12.4 Å². The van der Waals surface area contributed by atoms with E-state index in [1.54, 1.807) is 0 Å². The van der Waals surface area contributed by atoms with Gasteiger partial charge in [0.25, 0.3) is 0 Å². The molecule has 2 heterocycles. The number of nitrogens with zero attached hydrogens (tertiary/aromatic N) is 5. The number of hydrogen-bond donors (Lipinski definition) is 3. The molecule has 0 unspecified atom stereocenters. The molecular weight excluding hydrogens is 330 g/mol. The molecular formula is C15H26ClN7O. The number of hydrogen-bond acceptors (Lipinski definition) is 8. The highest BCUT2D eigenvalue weighted by Crippen LogP contribution is 2.25. The SMILES string of the molecule is CCCNc1nc(N(CC)CC)nc2c(NCCO)ncnc12.Cl. The molecule has 0 aromatic carbocycles. The molecule has 0 fully saturated rings. The molecule has 0 aliphatic heterocycles. The monoisotopic (exact) mass is 355 g/mol. The van der Waals surface area contributed by atoms with Crippen molar-refractivity contribution >= 4 is 41.0 Å². The Morgan fingerprint density at radius 1 is 0.958 bits per heavy atom. The molecule has 0 atom stereocenters. The number of halogens is 1. The van der Waals surface area contributed by atoms with Crippen molar-refractivity contribution in [2.75, 3.05) is 48.3 Å². The van der Waals surface area contributed by atoms with Gasteiger partial charge in [0.15, 0.2) is 11.6 Å². The average molecular weight is 356 g/mol. The maximum Gasteiger partial charge on any atom is 0.228 e. The maximum atomic E-state index is 9.03. The van der Waals surface area contributed by atoms with Gasteiger partial charge in [-0.05, 0) is 20.3 Å². The second-order valence-electron chi connectivity index (χ2n) is 5.04. The van der Waals surface area contributed by atoms with E-state index in [1.807, 2.05) is 0 Å². The Balaban J connectivity index is 0.00000288. The first kappa shape index (κ1) is 20.1. The Morgan fingerprint density at radius 3 is 2.29 bits per heavy atom. The van der Waals surface area contributed by atoms with Crippen molar-refractivity contribution < 1.29 is 5.11 Å². The lowest BCUT2D eigenvalue weighted by Gasteiger charge is -2.20. The smallest absolute Gasteiger partial charge is 0.228 e. The molecule has 2 aromatic heterocycles. The molecule has 24 heavy (non-hydrogen) atoms. The molecule has 2 rings (SSSR count).